The number of para-hydroxylation sites is 1. The number of halogens is 2. The highest BCUT2D eigenvalue weighted by atomic mass is 35.5. The normalized spacial score (nSPS) is 10.8. The van der Waals surface area contributed by atoms with E-state index in [1.165, 1.54) is 26.4 Å². The van der Waals surface area contributed by atoms with E-state index in [1.807, 2.05) is 6.07 Å². The fourth-order valence-corrected chi connectivity index (χ4v) is 2.57. The van der Waals surface area contributed by atoms with E-state index >= 15 is 0 Å². The van der Waals surface area contributed by atoms with Crippen LogP contribution in [0.3, 0.4) is 0 Å². The largest absolute Gasteiger partial charge is 0.493 e. The maximum atomic E-state index is 12.4. The molecule has 0 saturated heterocycles. The molecule has 0 aliphatic heterocycles. The number of anilines is 1. The maximum absolute atomic E-state index is 12.4. The van der Waals surface area contributed by atoms with Crippen molar-refractivity contribution in [2.45, 2.75) is 0 Å². The quantitative estimate of drug-likeness (QED) is 0.613. The Labute approximate surface area is 155 Å². The average Bonchev–Trinajstić information content (AvgIpc) is 2.61. The molecule has 7 heteroatoms. The van der Waals surface area contributed by atoms with Gasteiger partial charge in [0.15, 0.2) is 11.5 Å². The second-order valence-electron chi connectivity index (χ2n) is 4.83. The number of carbonyl (C=O) groups excluding carboxylic acids is 1. The summed E-state index contributed by atoms with van der Waals surface area (Å²) < 4.78 is 10.5. The summed E-state index contributed by atoms with van der Waals surface area (Å²) in [5.74, 6) is 0.321. The zero-order chi connectivity index (χ0) is 18.4. The van der Waals surface area contributed by atoms with Gasteiger partial charge in [0, 0.05) is 10.6 Å². The first kappa shape index (κ1) is 18.7. The van der Waals surface area contributed by atoms with Crippen LogP contribution in [0.5, 0.6) is 11.5 Å². The molecule has 0 saturated carbocycles. The molecule has 0 heterocycles. The summed E-state index contributed by atoms with van der Waals surface area (Å²) in [4.78, 5) is 12.4. The Bertz CT molecular complexity index is 873. The van der Waals surface area contributed by atoms with Gasteiger partial charge in [-0.25, -0.2) is 0 Å². The summed E-state index contributed by atoms with van der Waals surface area (Å²) in [6.07, 6.45) is 1.42. The van der Waals surface area contributed by atoms with Gasteiger partial charge in [0.1, 0.15) is 11.6 Å². The highest BCUT2D eigenvalue weighted by Gasteiger charge is 2.14. The SMILES string of the molecule is COc1cccc(/C=C(\C#N)C(=O)Nc2ccc(Cl)cc2Cl)c1OC. The van der Waals surface area contributed by atoms with Crippen LogP contribution in [0.2, 0.25) is 10.0 Å². The first-order valence-corrected chi connectivity index (χ1v) is 7.85. The van der Waals surface area contributed by atoms with Crippen LogP contribution in [0.1, 0.15) is 5.56 Å². The van der Waals surface area contributed by atoms with Gasteiger partial charge in [-0.3, -0.25) is 4.79 Å². The molecule has 128 valence electrons. The molecule has 2 aromatic rings. The Kier molecular flexibility index (Phi) is 6.29. The minimum Gasteiger partial charge on any atom is -0.493 e. The predicted octanol–water partition coefficient (Wildman–Crippen LogP) is 4.56. The first-order chi connectivity index (χ1) is 12.0. The van der Waals surface area contributed by atoms with Gasteiger partial charge in [0.05, 0.1) is 24.9 Å². The third-order valence-corrected chi connectivity index (χ3v) is 3.83. The van der Waals surface area contributed by atoms with E-state index in [2.05, 4.69) is 5.32 Å². The number of nitrogens with zero attached hydrogens (tertiary/aromatic N) is 1. The van der Waals surface area contributed by atoms with Gasteiger partial charge < -0.3 is 14.8 Å². The minimum atomic E-state index is -0.600. The molecular weight excluding hydrogens is 363 g/mol. The van der Waals surface area contributed by atoms with Crippen molar-refractivity contribution in [3.05, 3.63) is 57.6 Å². The van der Waals surface area contributed by atoms with Gasteiger partial charge in [-0.05, 0) is 30.3 Å². The second kappa shape index (κ2) is 8.43. The van der Waals surface area contributed by atoms with Crippen molar-refractivity contribution in [2.24, 2.45) is 0 Å². The Morgan fingerprint density at radius 1 is 1.20 bits per heavy atom. The molecule has 0 radical (unpaired) electrons. The lowest BCUT2D eigenvalue weighted by atomic mass is 10.1. The van der Waals surface area contributed by atoms with Crippen LogP contribution < -0.4 is 14.8 Å². The molecule has 5 nitrogen and oxygen atoms in total. The summed E-state index contributed by atoms with van der Waals surface area (Å²) in [5, 5.41) is 12.6. The Morgan fingerprint density at radius 2 is 1.96 bits per heavy atom. The molecule has 0 aliphatic rings. The van der Waals surface area contributed by atoms with Crippen molar-refractivity contribution in [3.8, 4) is 17.6 Å². The van der Waals surface area contributed by atoms with Crippen LogP contribution >= 0.6 is 23.2 Å². The molecule has 0 spiro atoms. The Morgan fingerprint density at radius 3 is 2.56 bits per heavy atom. The number of nitriles is 1. The molecule has 2 rings (SSSR count). The number of hydrogen-bond donors (Lipinski definition) is 1. The lowest BCUT2D eigenvalue weighted by Crippen LogP contribution is -2.13. The van der Waals surface area contributed by atoms with E-state index in [0.717, 1.165) is 0 Å². The monoisotopic (exact) mass is 376 g/mol. The van der Waals surface area contributed by atoms with Gasteiger partial charge >= 0.3 is 0 Å². The first-order valence-electron chi connectivity index (χ1n) is 7.09. The number of rotatable bonds is 5. The molecule has 0 aromatic heterocycles. The van der Waals surface area contributed by atoms with Gasteiger partial charge in [-0.15, -0.1) is 0 Å². The van der Waals surface area contributed by atoms with Gasteiger partial charge in [0.25, 0.3) is 5.91 Å². The van der Waals surface area contributed by atoms with Crippen molar-refractivity contribution in [1.29, 1.82) is 5.26 Å². The molecule has 0 unspecified atom stereocenters. The van der Waals surface area contributed by atoms with E-state index in [0.29, 0.717) is 27.8 Å². The third-order valence-electron chi connectivity index (χ3n) is 3.28. The topological polar surface area (TPSA) is 71.3 Å². The number of ether oxygens (including phenoxy) is 2. The minimum absolute atomic E-state index is 0.113. The van der Waals surface area contributed by atoms with E-state index < -0.39 is 5.91 Å². The van der Waals surface area contributed by atoms with Crippen molar-refractivity contribution in [3.63, 3.8) is 0 Å². The fourth-order valence-electron chi connectivity index (χ4n) is 2.11. The number of methoxy groups -OCH3 is 2. The zero-order valence-electron chi connectivity index (χ0n) is 13.5. The molecule has 1 N–H and O–H groups in total. The molecule has 25 heavy (non-hydrogen) atoms. The average molecular weight is 377 g/mol. The molecule has 0 atom stereocenters. The number of nitrogens with one attached hydrogen (secondary N) is 1. The van der Waals surface area contributed by atoms with Gasteiger partial charge in [0.2, 0.25) is 0 Å². The third kappa shape index (κ3) is 4.44. The lowest BCUT2D eigenvalue weighted by Gasteiger charge is -2.11. The van der Waals surface area contributed by atoms with E-state index in [4.69, 9.17) is 32.7 Å². The van der Waals surface area contributed by atoms with Crippen molar-refractivity contribution in [1.82, 2.24) is 0 Å². The Hall–Kier alpha value is -2.68. The molecule has 1 amide bonds. The summed E-state index contributed by atoms with van der Waals surface area (Å²) in [7, 11) is 2.99. The highest BCUT2D eigenvalue weighted by Crippen LogP contribution is 2.32. The summed E-state index contributed by atoms with van der Waals surface area (Å²) >= 11 is 11.9. The smallest absolute Gasteiger partial charge is 0.266 e. The van der Waals surface area contributed by atoms with Crippen molar-refractivity contribution >= 4 is 40.9 Å². The number of benzene rings is 2. The Balaban J connectivity index is 2.35. The molecule has 2 aromatic carbocycles. The van der Waals surface area contributed by atoms with Crippen molar-refractivity contribution in [2.75, 3.05) is 19.5 Å². The molecular formula is C18H14Cl2N2O3. The molecule has 0 fully saturated rings. The fraction of sp³-hybridized carbons (Fsp3) is 0.111. The van der Waals surface area contributed by atoms with E-state index in [-0.39, 0.29) is 10.6 Å². The van der Waals surface area contributed by atoms with Crippen LogP contribution in [0, 0.1) is 11.3 Å². The zero-order valence-corrected chi connectivity index (χ0v) is 15.0. The standard InChI is InChI=1S/C18H14Cl2N2O3/c1-24-16-5-3-4-11(17(16)25-2)8-12(10-21)18(23)22-15-7-6-13(19)9-14(15)20/h3-9H,1-2H3,(H,22,23)/b12-8+. The number of hydrogen-bond acceptors (Lipinski definition) is 4. The number of carbonyl (C=O) groups is 1. The maximum Gasteiger partial charge on any atom is 0.266 e. The summed E-state index contributed by atoms with van der Waals surface area (Å²) in [5.41, 5.74) is 0.781. The van der Waals surface area contributed by atoms with E-state index in [9.17, 15) is 10.1 Å². The van der Waals surface area contributed by atoms with Crippen LogP contribution in [0.25, 0.3) is 6.08 Å². The molecule has 0 bridgehead atoms. The summed E-state index contributed by atoms with van der Waals surface area (Å²) in [6, 6.07) is 11.7. The number of amides is 1. The molecule has 0 aliphatic carbocycles. The van der Waals surface area contributed by atoms with Crippen LogP contribution in [-0.2, 0) is 4.79 Å². The summed E-state index contributed by atoms with van der Waals surface area (Å²) in [6.45, 7) is 0. The van der Waals surface area contributed by atoms with Crippen LogP contribution in [-0.4, -0.2) is 20.1 Å². The van der Waals surface area contributed by atoms with Crippen molar-refractivity contribution < 1.29 is 14.3 Å². The van der Waals surface area contributed by atoms with Gasteiger partial charge in [-0.2, -0.15) is 5.26 Å². The highest BCUT2D eigenvalue weighted by molar-refractivity contribution is 6.36. The second-order valence-corrected chi connectivity index (χ2v) is 5.67. The van der Waals surface area contributed by atoms with Crippen LogP contribution in [0.4, 0.5) is 5.69 Å². The predicted molar refractivity (Wildman–Crippen MR) is 98.2 cm³/mol. The van der Waals surface area contributed by atoms with Crippen LogP contribution in [0.15, 0.2) is 42.0 Å². The lowest BCUT2D eigenvalue weighted by molar-refractivity contribution is -0.112. The van der Waals surface area contributed by atoms with E-state index in [1.54, 1.807) is 30.3 Å². The van der Waals surface area contributed by atoms with Gasteiger partial charge in [-0.1, -0.05) is 35.3 Å².